The molecule has 1 aromatic heterocycles. The molecule has 1 aliphatic heterocycles. The lowest BCUT2D eigenvalue weighted by molar-refractivity contribution is -0.0543. The fourth-order valence-corrected chi connectivity index (χ4v) is 2.77. The highest BCUT2D eigenvalue weighted by atomic mass is 31.2. The number of aromatic nitrogens is 2. The van der Waals surface area contributed by atoms with E-state index in [2.05, 4.69) is 9.51 Å². The van der Waals surface area contributed by atoms with Gasteiger partial charge in [-0.15, -0.1) is 0 Å². The third-order valence-electron chi connectivity index (χ3n) is 3.60. The number of rotatable bonds is 6. The minimum absolute atomic E-state index is 0.0764. The summed E-state index contributed by atoms with van der Waals surface area (Å²) in [5.41, 5.74) is 5.48. The summed E-state index contributed by atoms with van der Waals surface area (Å²) < 4.78 is 21.3. The van der Waals surface area contributed by atoms with E-state index >= 15 is 0 Å². The summed E-state index contributed by atoms with van der Waals surface area (Å²) in [4.78, 5) is 33.1. The molecule has 0 unspecified atom stereocenters. The molecule has 0 saturated carbocycles. The monoisotopic (exact) mass is 365 g/mol. The molecule has 24 heavy (non-hydrogen) atoms. The van der Waals surface area contributed by atoms with Crippen LogP contribution in [0.5, 0.6) is 0 Å². The molecule has 4 atom stereocenters. The van der Waals surface area contributed by atoms with Crippen molar-refractivity contribution in [1.82, 2.24) is 9.55 Å². The lowest BCUT2D eigenvalue weighted by Gasteiger charge is -2.18. The Hall–Kier alpha value is -1.33. The molecule has 1 saturated heterocycles. The molecular weight excluding hydrogens is 345 g/mol. The first-order chi connectivity index (χ1) is 11.1. The van der Waals surface area contributed by atoms with Gasteiger partial charge in [0.25, 0.3) is 0 Å². The Bertz CT molecular complexity index is 689. The second kappa shape index (κ2) is 7.28. The van der Waals surface area contributed by atoms with Crippen LogP contribution >= 0.6 is 7.82 Å². The smallest absolute Gasteiger partial charge is 0.387 e. The number of nitrogens with two attached hydrogens (primary N) is 1. The first-order valence-corrected chi connectivity index (χ1v) is 8.76. The van der Waals surface area contributed by atoms with Crippen molar-refractivity contribution in [1.29, 1.82) is 0 Å². The Balaban J connectivity index is 2.24. The summed E-state index contributed by atoms with van der Waals surface area (Å²) >= 11 is 0. The number of hydrogen-bond acceptors (Lipinski definition) is 8. The molecule has 0 radical (unpaired) electrons. The summed E-state index contributed by atoms with van der Waals surface area (Å²) in [6.07, 6.45) is -2.82. The third kappa shape index (κ3) is 4.19. The van der Waals surface area contributed by atoms with Gasteiger partial charge >= 0.3 is 13.5 Å². The van der Waals surface area contributed by atoms with Gasteiger partial charge in [-0.3, -0.25) is 9.09 Å². The highest BCUT2D eigenvalue weighted by Gasteiger charge is 2.45. The first kappa shape index (κ1) is 19.0. The van der Waals surface area contributed by atoms with Crippen molar-refractivity contribution in [3.05, 3.63) is 22.2 Å². The molecular formula is C12H20N3O8P. The number of hydrogen-bond donors (Lipinski definition) is 5. The van der Waals surface area contributed by atoms with Gasteiger partial charge in [-0.2, -0.15) is 4.98 Å². The van der Waals surface area contributed by atoms with Crippen molar-refractivity contribution in [2.24, 2.45) is 0 Å². The minimum atomic E-state index is -4.76. The van der Waals surface area contributed by atoms with E-state index in [1.54, 1.807) is 0 Å². The van der Waals surface area contributed by atoms with Crippen LogP contribution in [0, 0.1) is 0 Å². The lowest BCUT2D eigenvalue weighted by atomic mass is 10.1. The van der Waals surface area contributed by atoms with Gasteiger partial charge < -0.3 is 30.5 Å². The van der Waals surface area contributed by atoms with Gasteiger partial charge in [0.1, 0.15) is 24.1 Å². The highest BCUT2D eigenvalue weighted by Crippen LogP contribution is 2.38. The van der Waals surface area contributed by atoms with E-state index < -0.39 is 44.7 Å². The first-order valence-electron chi connectivity index (χ1n) is 7.23. The van der Waals surface area contributed by atoms with Crippen molar-refractivity contribution in [3.8, 4) is 0 Å². The van der Waals surface area contributed by atoms with E-state index in [-0.39, 0.29) is 5.82 Å². The number of aryl methyl sites for hydroxylation is 1. The maximum atomic E-state index is 12.0. The van der Waals surface area contributed by atoms with Gasteiger partial charge in [-0.05, 0) is 6.42 Å². The number of nitrogen functional groups attached to an aromatic ring is 1. The number of phosphoric acid groups is 1. The predicted octanol–water partition coefficient (Wildman–Crippen LogP) is -1.49. The number of anilines is 1. The van der Waals surface area contributed by atoms with Gasteiger partial charge in [0.05, 0.1) is 6.61 Å². The average molecular weight is 365 g/mol. The van der Waals surface area contributed by atoms with E-state index in [9.17, 15) is 19.6 Å². The largest absolute Gasteiger partial charge is 0.469 e. The molecule has 1 aromatic rings. The fraction of sp³-hybridized carbons (Fsp3) is 0.667. The molecule has 6 N–H and O–H groups in total. The van der Waals surface area contributed by atoms with E-state index in [0.29, 0.717) is 12.0 Å². The second-order valence-electron chi connectivity index (χ2n) is 5.42. The Morgan fingerprint density at radius 1 is 1.42 bits per heavy atom. The van der Waals surface area contributed by atoms with Crippen LogP contribution in [0.2, 0.25) is 0 Å². The Morgan fingerprint density at radius 2 is 2.08 bits per heavy atom. The topological polar surface area (TPSA) is 177 Å². The van der Waals surface area contributed by atoms with E-state index in [4.69, 9.17) is 20.3 Å². The van der Waals surface area contributed by atoms with E-state index in [1.165, 1.54) is 6.20 Å². The second-order valence-corrected chi connectivity index (χ2v) is 6.66. The Labute approximate surface area is 136 Å². The molecule has 2 rings (SSSR count). The SMILES string of the molecule is CCCc1cn([C@@H]2O[C@H](COP(=O)(O)O)[C@@H](O)[C@H]2O)c(=O)nc1N. The van der Waals surface area contributed by atoms with Crippen molar-refractivity contribution in [3.63, 3.8) is 0 Å². The van der Waals surface area contributed by atoms with Crippen molar-refractivity contribution in [2.75, 3.05) is 12.3 Å². The summed E-state index contributed by atoms with van der Waals surface area (Å²) in [6, 6.07) is 0. The van der Waals surface area contributed by atoms with Crippen molar-refractivity contribution < 1.29 is 33.8 Å². The summed E-state index contributed by atoms with van der Waals surface area (Å²) in [7, 11) is -4.76. The third-order valence-corrected chi connectivity index (χ3v) is 4.08. The van der Waals surface area contributed by atoms with Gasteiger partial charge in [0, 0.05) is 11.8 Å². The van der Waals surface area contributed by atoms with Gasteiger partial charge in [-0.1, -0.05) is 13.3 Å². The molecule has 0 aliphatic carbocycles. The molecule has 0 spiro atoms. The number of nitrogens with zero attached hydrogens (tertiary/aromatic N) is 2. The maximum Gasteiger partial charge on any atom is 0.469 e. The number of phosphoric ester groups is 1. The molecule has 11 nitrogen and oxygen atoms in total. The number of aliphatic hydroxyl groups is 2. The van der Waals surface area contributed by atoms with Crippen LogP contribution in [0.3, 0.4) is 0 Å². The summed E-state index contributed by atoms with van der Waals surface area (Å²) in [5, 5.41) is 20.0. The molecule has 1 fully saturated rings. The quantitative estimate of drug-likeness (QED) is 0.373. The Kier molecular flexibility index (Phi) is 5.76. The molecule has 136 valence electrons. The molecule has 1 aliphatic rings. The molecule has 0 aromatic carbocycles. The summed E-state index contributed by atoms with van der Waals surface area (Å²) in [6.45, 7) is 1.26. The Morgan fingerprint density at radius 3 is 2.67 bits per heavy atom. The van der Waals surface area contributed by atoms with Crippen LogP contribution in [-0.2, 0) is 20.2 Å². The number of aliphatic hydroxyl groups excluding tert-OH is 2. The van der Waals surface area contributed by atoms with Crippen molar-refractivity contribution in [2.45, 2.75) is 44.3 Å². The van der Waals surface area contributed by atoms with E-state index in [1.807, 2.05) is 6.92 Å². The molecule has 0 amide bonds. The standard InChI is InChI=1S/C12H20N3O8P/c1-2-3-6-4-15(12(18)14-10(6)13)11-9(17)8(16)7(23-11)5-22-24(19,20)21/h4,7-9,11,16-17H,2-3,5H2,1H3,(H2,13,14,18)(H2,19,20,21)/t7-,8-,9-,11-/m1/s1. The van der Waals surface area contributed by atoms with Gasteiger partial charge in [0.2, 0.25) is 0 Å². The normalized spacial score (nSPS) is 27.5. The number of ether oxygens (including phenoxy) is 1. The molecule has 2 heterocycles. The van der Waals surface area contributed by atoms with Crippen LogP contribution in [0.15, 0.2) is 11.0 Å². The summed E-state index contributed by atoms with van der Waals surface area (Å²) in [5.74, 6) is 0.0764. The predicted molar refractivity (Wildman–Crippen MR) is 80.8 cm³/mol. The van der Waals surface area contributed by atoms with Crippen LogP contribution < -0.4 is 11.4 Å². The van der Waals surface area contributed by atoms with Crippen LogP contribution in [0.1, 0.15) is 25.1 Å². The van der Waals surface area contributed by atoms with Crippen LogP contribution in [-0.4, -0.2) is 54.5 Å². The zero-order valence-electron chi connectivity index (χ0n) is 12.8. The van der Waals surface area contributed by atoms with Gasteiger partial charge in [0.15, 0.2) is 6.23 Å². The van der Waals surface area contributed by atoms with Crippen LogP contribution in [0.25, 0.3) is 0 Å². The minimum Gasteiger partial charge on any atom is -0.387 e. The average Bonchev–Trinajstić information content (AvgIpc) is 2.75. The zero-order chi connectivity index (χ0) is 18.1. The van der Waals surface area contributed by atoms with Gasteiger partial charge in [-0.25, -0.2) is 9.36 Å². The van der Waals surface area contributed by atoms with Crippen molar-refractivity contribution >= 4 is 13.6 Å². The maximum absolute atomic E-state index is 12.0. The fourth-order valence-electron chi connectivity index (χ4n) is 2.43. The lowest BCUT2D eigenvalue weighted by Crippen LogP contribution is -2.36. The highest BCUT2D eigenvalue weighted by molar-refractivity contribution is 7.46. The molecule has 12 heteroatoms. The molecule has 0 bridgehead atoms. The zero-order valence-corrected chi connectivity index (χ0v) is 13.7. The van der Waals surface area contributed by atoms with E-state index in [0.717, 1.165) is 11.0 Å². The van der Waals surface area contributed by atoms with Crippen LogP contribution in [0.4, 0.5) is 5.82 Å².